The van der Waals surface area contributed by atoms with Crippen LogP contribution in [0.15, 0.2) is 18.2 Å². The highest BCUT2D eigenvalue weighted by molar-refractivity contribution is 5.30. The van der Waals surface area contributed by atoms with Crippen molar-refractivity contribution in [3.8, 4) is 11.8 Å². The van der Waals surface area contributed by atoms with Crippen molar-refractivity contribution in [1.82, 2.24) is 4.90 Å². The Morgan fingerprint density at radius 1 is 1.47 bits per heavy atom. The van der Waals surface area contributed by atoms with Gasteiger partial charge < -0.3 is 4.74 Å². The second-order valence-corrected chi connectivity index (χ2v) is 3.71. The maximum atomic E-state index is 13.9. The number of ether oxygens (including phenoxy) is 1. The lowest BCUT2D eigenvalue weighted by molar-refractivity contribution is 0.280. The molecule has 0 amide bonds. The summed E-state index contributed by atoms with van der Waals surface area (Å²) in [6.45, 7) is 3.94. The quantitative estimate of drug-likeness (QED) is 0.761. The standard InChI is InChI=1S/C13H17FN2O/c1-3-16(9-5-8-15)10-11-6-4-7-12(17-2)13(11)14/h4,6-7H,3,5,9-10H2,1-2H3. The van der Waals surface area contributed by atoms with Crippen molar-refractivity contribution in [3.63, 3.8) is 0 Å². The lowest BCUT2D eigenvalue weighted by Gasteiger charge is -2.19. The highest BCUT2D eigenvalue weighted by Gasteiger charge is 2.11. The highest BCUT2D eigenvalue weighted by atomic mass is 19.1. The summed E-state index contributed by atoms with van der Waals surface area (Å²) in [6.07, 6.45) is 0.458. The summed E-state index contributed by atoms with van der Waals surface area (Å²) >= 11 is 0. The van der Waals surface area contributed by atoms with Crippen molar-refractivity contribution in [2.75, 3.05) is 20.2 Å². The Bertz CT molecular complexity index is 401. The van der Waals surface area contributed by atoms with E-state index in [1.54, 1.807) is 18.2 Å². The first-order valence-corrected chi connectivity index (χ1v) is 5.63. The van der Waals surface area contributed by atoms with Gasteiger partial charge in [0.1, 0.15) is 0 Å². The fourth-order valence-corrected chi connectivity index (χ4v) is 1.63. The second-order valence-electron chi connectivity index (χ2n) is 3.71. The molecule has 0 atom stereocenters. The Balaban J connectivity index is 2.76. The number of rotatable bonds is 6. The van der Waals surface area contributed by atoms with Gasteiger partial charge >= 0.3 is 0 Å². The maximum absolute atomic E-state index is 13.9. The van der Waals surface area contributed by atoms with E-state index in [9.17, 15) is 4.39 Å². The average molecular weight is 236 g/mol. The minimum absolute atomic E-state index is 0.263. The van der Waals surface area contributed by atoms with E-state index >= 15 is 0 Å². The Kier molecular flexibility index (Phi) is 5.44. The zero-order valence-corrected chi connectivity index (χ0v) is 10.2. The molecule has 0 aliphatic carbocycles. The number of halogens is 1. The first-order valence-electron chi connectivity index (χ1n) is 5.63. The molecule has 0 aliphatic heterocycles. The number of hydrogen-bond acceptors (Lipinski definition) is 3. The van der Waals surface area contributed by atoms with E-state index in [-0.39, 0.29) is 11.6 Å². The number of nitriles is 1. The number of hydrogen-bond donors (Lipinski definition) is 0. The molecule has 1 rings (SSSR count). The third-order valence-corrected chi connectivity index (χ3v) is 2.64. The van der Waals surface area contributed by atoms with Crippen molar-refractivity contribution in [2.45, 2.75) is 19.9 Å². The van der Waals surface area contributed by atoms with Crippen LogP contribution in [-0.2, 0) is 6.54 Å². The topological polar surface area (TPSA) is 36.3 Å². The number of nitrogens with zero attached hydrogens (tertiary/aromatic N) is 2. The Labute approximate surface area is 101 Å². The number of benzene rings is 1. The Morgan fingerprint density at radius 3 is 2.82 bits per heavy atom. The van der Waals surface area contributed by atoms with E-state index in [4.69, 9.17) is 10.00 Å². The average Bonchev–Trinajstić information content (AvgIpc) is 2.36. The van der Waals surface area contributed by atoms with Gasteiger partial charge in [-0.05, 0) is 12.6 Å². The molecule has 3 nitrogen and oxygen atoms in total. The minimum Gasteiger partial charge on any atom is -0.494 e. The summed E-state index contributed by atoms with van der Waals surface area (Å²) in [7, 11) is 1.45. The molecule has 17 heavy (non-hydrogen) atoms. The highest BCUT2D eigenvalue weighted by Crippen LogP contribution is 2.21. The predicted molar refractivity (Wildman–Crippen MR) is 64.1 cm³/mol. The molecule has 92 valence electrons. The molecular formula is C13H17FN2O. The van der Waals surface area contributed by atoms with Crippen LogP contribution < -0.4 is 4.74 Å². The van der Waals surface area contributed by atoms with Gasteiger partial charge in [-0.15, -0.1) is 0 Å². The summed E-state index contributed by atoms with van der Waals surface area (Å²) in [5, 5.41) is 8.54. The van der Waals surface area contributed by atoms with E-state index in [1.165, 1.54) is 7.11 Å². The summed E-state index contributed by atoms with van der Waals surface area (Å²) in [5.74, 6) is -0.0516. The van der Waals surface area contributed by atoms with Gasteiger partial charge in [0.15, 0.2) is 11.6 Å². The lowest BCUT2D eigenvalue weighted by atomic mass is 10.2. The zero-order valence-electron chi connectivity index (χ0n) is 10.2. The smallest absolute Gasteiger partial charge is 0.169 e. The second kappa shape index (κ2) is 6.87. The molecule has 0 unspecified atom stereocenters. The Hall–Kier alpha value is -1.60. The van der Waals surface area contributed by atoms with Crippen molar-refractivity contribution in [3.05, 3.63) is 29.6 Å². The van der Waals surface area contributed by atoms with Gasteiger partial charge in [-0.2, -0.15) is 5.26 Å². The molecule has 0 heterocycles. The van der Waals surface area contributed by atoms with Gasteiger partial charge in [-0.3, -0.25) is 4.90 Å². The van der Waals surface area contributed by atoms with E-state index in [2.05, 4.69) is 6.07 Å². The first-order chi connectivity index (χ1) is 8.22. The molecule has 1 aromatic rings. The van der Waals surface area contributed by atoms with Crippen LogP contribution in [0.2, 0.25) is 0 Å². The SMILES string of the molecule is CCN(CCC#N)Cc1cccc(OC)c1F. The third-order valence-electron chi connectivity index (χ3n) is 2.64. The Morgan fingerprint density at radius 2 is 2.24 bits per heavy atom. The molecule has 0 aromatic heterocycles. The van der Waals surface area contributed by atoms with Crippen molar-refractivity contribution in [1.29, 1.82) is 5.26 Å². The first kappa shape index (κ1) is 13.5. The van der Waals surface area contributed by atoms with Crippen LogP contribution in [0.25, 0.3) is 0 Å². The molecule has 0 radical (unpaired) electrons. The fourth-order valence-electron chi connectivity index (χ4n) is 1.63. The summed E-state index contributed by atoms with van der Waals surface area (Å²) in [5.41, 5.74) is 0.601. The van der Waals surface area contributed by atoms with Gasteiger partial charge in [0.25, 0.3) is 0 Å². The van der Waals surface area contributed by atoms with Crippen LogP contribution >= 0.6 is 0 Å². The molecule has 0 fully saturated rings. The van der Waals surface area contributed by atoms with E-state index < -0.39 is 0 Å². The van der Waals surface area contributed by atoms with Crippen LogP contribution in [0.1, 0.15) is 18.9 Å². The lowest BCUT2D eigenvalue weighted by Crippen LogP contribution is -2.24. The third kappa shape index (κ3) is 3.72. The number of methoxy groups -OCH3 is 1. The maximum Gasteiger partial charge on any atom is 0.169 e. The van der Waals surface area contributed by atoms with Crippen LogP contribution in [0.3, 0.4) is 0 Å². The van der Waals surface area contributed by atoms with E-state index in [0.717, 1.165) is 6.54 Å². The van der Waals surface area contributed by atoms with Gasteiger partial charge in [0.05, 0.1) is 13.2 Å². The molecule has 1 aromatic carbocycles. The van der Waals surface area contributed by atoms with Crippen LogP contribution in [0.5, 0.6) is 5.75 Å². The van der Waals surface area contributed by atoms with Gasteiger partial charge in [-0.1, -0.05) is 19.1 Å². The monoisotopic (exact) mass is 236 g/mol. The minimum atomic E-state index is -0.314. The molecule has 0 saturated carbocycles. The van der Waals surface area contributed by atoms with Crippen LogP contribution in [0.4, 0.5) is 4.39 Å². The molecule has 4 heteroatoms. The van der Waals surface area contributed by atoms with E-state index in [0.29, 0.717) is 25.1 Å². The van der Waals surface area contributed by atoms with Crippen LogP contribution in [0, 0.1) is 17.1 Å². The van der Waals surface area contributed by atoms with Gasteiger partial charge in [0, 0.05) is 25.1 Å². The van der Waals surface area contributed by atoms with Crippen molar-refractivity contribution < 1.29 is 9.13 Å². The summed E-state index contributed by atoms with van der Waals surface area (Å²) in [6, 6.07) is 7.21. The largest absolute Gasteiger partial charge is 0.494 e. The van der Waals surface area contributed by atoms with Gasteiger partial charge in [0.2, 0.25) is 0 Å². The zero-order chi connectivity index (χ0) is 12.7. The summed E-state index contributed by atoms with van der Waals surface area (Å²) < 4.78 is 18.8. The molecule has 0 spiro atoms. The normalized spacial score (nSPS) is 10.3. The van der Waals surface area contributed by atoms with Crippen LogP contribution in [-0.4, -0.2) is 25.1 Å². The summed E-state index contributed by atoms with van der Waals surface area (Å²) in [4.78, 5) is 2.03. The molecule has 0 saturated heterocycles. The molecule has 0 bridgehead atoms. The fraction of sp³-hybridized carbons (Fsp3) is 0.462. The van der Waals surface area contributed by atoms with Gasteiger partial charge in [-0.25, -0.2) is 4.39 Å². The predicted octanol–water partition coefficient (Wildman–Crippen LogP) is 2.57. The van der Waals surface area contributed by atoms with E-state index in [1.807, 2.05) is 11.8 Å². The molecule has 0 aliphatic rings. The molecular weight excluding hydrogens is 219 g/mol. The van der Waals surface area contributed by atoms with Crippen molar-refractivity contribution in [2.24, 2.45) is 0 Å². The molecule has 0 N–H and O–H groups in total. The van der Waals surface area contributed by atoms with Crippen molar-refractivity contribution >= 4 is 0 Å².